The van der Waals surface area contributed by atoms with Crippen molar-refractivity contribution in [2.45, 2.75) is 57.3 Å². The number of unbranched alkanes of at least 4 members (excludes halogenated alkanes) is 3. The number of hydrazone groups is 1. The lowest BCUT2D eigenvalue weighted by molar-refractivity contribution is -0.297. The average Bonchev–Trinajstić information content (AvgIpc) is 3.11. The molecule has 1 aliphatic heterocycles. The predicted molar refractivity (Wildman–Crippen MR) is 76.7 cm³/mol. The van der Waals surface area contributed by atoms with Crippen LogP contribution in [0.15, 0.2) is 27.9 Å². The van der Waals surface area contributed by atoms with E-state index in [9.17, 15) is 23.1 Å². The third-order valence-electron chi connectivity index (χ3n) is 3.74. The van der Waals surface area contributed by atoms with Crippen molar-refractivity contribution < 1.29 is 27.5 Å². The summed E-state index contributed by atoms with van der Waals surface area (Å²) in [5.74, 6) is -1.41. The molecule has 23 heavy (non-hydrogen) atoms. The van der Waals surface area contributed by atoms with Crippen LogP contribution in [0.4, 0.5) is 13.2 Å². The molecule has 0 saturated heterocycles. The van der Waals surface area contributed by atoms with E-state index in [4.69, 9.17) is 4.42 Å². The van der Waals surface area contributed by atoms with E-state index in [0.29, 0.717) is 12.8 Å². The fourth-order valence-electron chi connectivity index (χ4n) is 2.45. The molecule has 5 nitrogen and oxygen atoms in total. The first kappa shape index (κ1) is 17.5. The molecule has 2 rings (SSSR count). The van der Waals surface area contributed by atoms with Gasteiger partial charge in [-0.15, -0.1) is 0 Å². The molecule has 0 radical (unpaired) electrons. The molecule has 1 atom stereocenters. The van der Waals surface area contributed by atoms with E-state index >= 15 is 0 Å². The summed E-state index contributed by atoms with van der Waals surface area (Å²) in [4.78, 5) is 12.2. The number of carbonyl (C=O) groups excluding carboxylic acids is 1. The van der Waals surface area contributed by atoms with Gasteiger partial charge in [-0.05, 0) is 25.0 Å². The quantitative estimate of drug-likeness (QED) is 0.808. The molecule has 0 fully saturated rings. The maximum atomic E-state index is 13.3. The van der Waals surface area contributed by atoms with Gasteiger partial charge in [-0.2, -0.15) is 23.3 Å². The van der Waals surface area contributed by atoms with Crippen LogP contribution in [0.3, 0.4) is 0 Å². The second kappa shape index (κ2) is 6.74. The van der Waals surface area contributed by atoms with Gasteiger partial charge >= 0.3 is 12.1 Å². The summed E-state index contributed by atoms with van der Waals surface area (Å²) in [7, 11) is 0. The lowest BCUT2D eigenvalue weighted by atomic mass is 10.0. The minimum absolute atomic E-state index is 0.0982. The second-order valence-corrected chi connectivity index (χ2v) is 5.56. The number of carbonyl (C=O) groups is 1. The number of amides is 1. The number of aliphatic hydroxyl groups is 1. The molecule has 1 N–H and O–H groups in total. The highest BCUT2D eigenvalue weighted by molar-refractivity contribution is 5.96. The average molecular weight is 332 g/mol. The monoisotopic (exact) mass is 332 g/mol. The fourth-order valence-corrected chi connectivity index (χ4v) is 2.45. The molecular formula is C15H19F3N2O3. The van der Waals surface area contributed by atoms with Crippen LogP contribution in [0.1, 0.15) is 56.0 Å². The molecule has 0 saturated carbocycles. The first-order valence-electron chi connectivity index (χ1n) is 7.53. The van der Waals surface area contributed by atoms with Gasteiger partial charge in [0.05, 0.1) is 6.26 Å². The Morgan fingerprint density at radius 3 is 2.74 bits per heavy atom. The summed E-state index contributed by atoms with van der Waals surface area (Å²) in [5.41, 5.74) is -3.16. The van der Waals surface area contributed by atoms with Crippen LogP contribution in [0.25, 0.3) is 0 Å². The zero-order valence-corrected chi connectivity index (χ0v) is 12.8. The smallest absolute Gasteiger partial charge is 0.438 e. The van der Waals surface area contributed by atoms with Crippen LogP contribution in [-0.4, -0.2) is 33.6 Å². The normalized spacial score (nSPS) is 21.6. The van der Waals surface area contributed by atoms with Crippen LogP contribution in [0.2, 0.25) is 0 Å². The molecule has 0 spiro atoms. The summed E-state index contributed by atoms with van der Waals surface area (Å²) >= 11 is 0. The van der Waals surface area contributed by atoms with Crippen molar-refractivity contribution in [1.82, 2.24) is 5.01 Å². The van der Waals surface area contributed by atoms with Crippen molar-refractivity contribution >= 4 is 11.6 Å². The van der Waals surface area contributed by atoms with Gasteiger partial charge < -0.3 is 9.52 Å². The lowest BCUT2D eigenvalue weighted by Crippen LogP contribution is -2.56. The summed E-state index contributed by atoms with van der Waals surface area (Å²) in [6.07, 6.45) is -0.728. The maximum absolute atomic E-state index is 13.3. The zero-order valence-electron chi connectivity index (χ0n) is 12.8. The van der Waals surface area contributed by atoms with E-state index in [1.54, 1.807) is 0 Å². The molecule has 0 aliphatic carbocycles. The fraction of sp³-hybridized carbons (Fsp3) is 0.600. The first-order chi connectivity index (χ1) is 10.8. The van der Waals surface area contributed by atoms with Crippen molar-refractivity contribution in [3.63, 3.8) is 0 Å². The standard InChI is InChI=1S/C15H19F3N2O3/c1-2-3-4-5-7-11-10-14(22,15(16,17)18)20(19-11)13(21)12-8-6-9-23-12/h6,8-9,22H,2-5,7,10H2,1H3. The molecule has 2 heterocycles. The highest BCUT2D eigenvalue weighted by Gasteiger charge is 2.63. The van der Waals surface area contributed by atoms with Crippen molar-refractivity contribution in [3.05, 3.63) is 24.2 Å². The van der Waals surface area contributed by atoms with Crippen LogP contribution >= 0.6 is 0 Å². The van der Waals surface area contributed by atoms with E-state index < -0.39 is 24.2 Å². The van der Waals surface area contributed by atoms with Gasteiger partial charge in [0.1, 0.15) is 0 Å². The number of rotatable bonds is 6. The minimum atomic E-state index is -5.01. The topological polar surface area (TPSA) is 66.0 Å². The highest BCUT2D eigenvalue weighted by Crippen LogP contribution is 2.41. The minimum Gasteiger partial charge on any atom is -0.459 e. The summed E-state index contributed by atoms with van der Waals surface area (Å²) in [6, 6.07) is 2.61. The number of nitrogens with zero attached hydrogens (tertiary/aromatic N) is 2. The molecule has 128 valence electrons. The number of halogens is 3. The van der Waals surface area contributed by atoms with E-state index in [1.165, 1.54) is 18.4 Å². The second-order valence-electron chi connectivity index (χ2n) is 5.56. The van der Waals surface area contributed by atoms with E-state index in [0.717, 1.165) is 19.3 Å². The predicted octanol–water partition coefficient (Wildman–Crippen LogP) is 3.70. The third kappa shape index (κ3) is 3.57. The number of alkyl halides is 3. The van der Waals surface area contributed by atoms with Crippen molar-refractivity contribution in [2.24, 2.45) is 5.10 Å². The number of hydrogen-bond donors (Lipinski definition) is 1. The molecule has 1 aromatic heterocycles. The third-order valence-corrected chi connectivity index (χ3v) is 3.74. The van der Waals surface area contributed by atoms with Crippen LogP contribution in [-0.2, 0) is 0 Å². The molecule has 1 amide bonds. The molecule has 8 heteroatoms. The van der Waals surface area contributed by atoms with E-state index in [2.05, 4.69) is 5.10 Å². The first-order valence-corrected chi connectivity index (χ1v) is 7.53. The van der Waals surface area contributed by atoms with Gasteiger partial charge in [-0.1, -0.05) is 26.2 Å². The van der Waals surface area contributed by atoms with Gasteiger partial charge in [0.2, 0.25) is 0 Å². The van der Waals surface area contributed by atoms with E-state index in [1.807, 2.05) is 6.92 Å². The lowest BCUT2D eigenvalue weighted by Gasteiger charge is -2.32. The summed E-state index contributed by atoms with van der Waals surface area (Å²) < 4.78 is 44.6. The highest BCUT2D eigenvalue weighted by atomic mass is 19.4. The largest absolute Gasteiger partial charge is 0.459 e. The Labute approximate surface area is 131 Å². The molecular weight excluding hydrogens is 313 g/mol. The molecule has 1 unspecified atom stereocenters. The van der Waals surface area contributed by atoms with Gasteiger partial charge in [0.25, 0.3) is 5.72 Å². The molecule has 0 bridgehead atoms. The van der Waals surface area contributed by atoms with E-state index in [-0.39, 0.29) is 16.5 Å². The zero-order chi connectivity index (χ0) is 17.1. The Balaban J connectivity index is 2.19. The Morgan fingerprint density at radius 2 is 2.17 bits per heavy atom. The van der Waals surface area contributed by atoms with Crippen LogP contribution < -0.4 is 0 Å². The van der Waals surface area contributed by atoms with Gasteiger partial charge in [-0.25, -0.2) is 0 Å². The molecule has 1 aliphatic rings. The van der Waals surface area contributed by atoms with Crippen molar-refractivity contribution in [1.29, 1.82) is 0 Å². The summed E-state index contributed by atoms with van der Waals surface area (Å²) in [5, 5.41) is 13.9. The Bertz CT molecular complexity index is 569. The Morgan fingerprint density at radius 1 is 1.43 bits per heavy atom. The molecule has 0 aromatic carbocycles. The maximum Gasteiger partial charge on any atom is 0.438 e. The Hall–Kier alpha value is -1.83. The van der Waals surface area contributed by atoms with Crippen molar-refractivity contribution in [2.75, 3.05) is 0 Å². The SMILES string of the molecule is CCCCCCC1=NN(C(=O)c2ccco2)C(O)(C(F)(F)F)C1. The molecule has 1 aromatic rings. The van der Waals surface area contributed by atoms with Crippen LogP contribution in [0, 0.1) is 0 Å². The van der Waals surface area contributed by atoms with Gasteiger partial charge in [-0.3, -0.25) is 4.79 Å². The number of hydrogen-bond acceptors (Lipinski definition) is 4. The number of furan rings is 1. The van der Waals surface area contributed by atoms with Crippen molar-refractivity contribution in [3.8, 4) is 0 Å². The Kier molecular flexibility index (Phi) is 5.13. The van der Waals surface area contributed by atoms with Gasteiger partial charge in [0.15, 0.2) is 5.76 Å². The van der Waals surface area contributed by atoms with Crippen LogP contribution in [0.5, 0.6) is 0 Å². The summed E-state index contributed by atoms with van der Waals surface area (Å²) in [6.45, 7) is 2.03. The van der Waals surface area contributed by atoms with Gasteiger partial charge in [0, 0.05) is 12.1 Å².